The second-order valence-corrected chi connectivity index (χ2v) is 8.82. The highest BCUT2D eigenvalue weighted by Gasteiger charge is 2.46. The lowest BCUT2D eigenvalue weighted by Gasteiger charge is -2.27. The van der Waals surface area contributed by atoms with Crippen molar-refractivity contribution in [1.82, 2.24) is 0 Å². The number of anilines is 2. The van der Waals surface area contributed by atoms with Crippen LogP contribution in [0, 0.1) is 19.8 Å². The molecule has 2 amide bonds. The maximum atomic E-state index is 13.0. The van der Waals surface area contributed by atoms with E-state index in [0.717, 1.165) is 21.7 Å². The van der Waals surface area contributed by atoms with E-state index in [1.54, 1.807) is 11.0 Å². The Morgan fingerprint density at radius 3 is 2.50 bits per heavy atom. The van der Waals surface area contributed by atoms with Gasteiger partial charge >= 0.3 is 5.97 Å². The molecule has 2 heterocycles. The average Bonchev–Trinajstić information content (AvgIpc) is 3.42. The molecule has 1 aliphatic rings. The minimum atomic E-state index is -0.686. The van der Waals surface area contributed by atoms with Crippen LogP contribution in [0.3, 0.4) is 0 Å². The van der Waals surface area contributed by atoms with E-state index in [-0.39, 0.29) is 12.3 Å². The molecule has 6 nitrogen and oxygen atoms in total. The fourth-order valence-corrected chi connectivity index (χ4v) is 4.76. The van der Waals surface area contributed by atoms with E-state index in [9.17, 15) is 14.4 Å². The zero-order chi connectivity index (χ0) is 22.7. The van der Waals surface area contributed by atoms with E-state index < -0.39 is 30.4 Å². The molecule has 0 aliphatic carbocycles. The van der Waals surface area contributed by atoms with Crippen LogP contribution in [-0.2, 0) is 19.1 Å². The highest BCUT2D eigenvalue weighted by molar-refractivity contribution is 7.10. The summed E-state index contributed by atoms with van der Waals surface area (Å²) in [6, 6.07) is 18.4. The molecule has 4 rings (SSSR count). The molecule has 1 aliphatic heterocycles. The zero-order valence-corrected chi connectivity index (χ0v) is 18.7. The lowest BCUT2D eigenvalue weighted by Crippen LogP contribution is -2.31. The van der Waals surface area contributed by atoms with Crippen LogP contribution < -0.4 is 10.2 Å². The number of benzene rings is 2. The third-order valence-corrected chi connectivity index (χ3v) is 6.48. The molecule has 0 bridgehead atoms. The maximum absolute atomic E-state index is 13.0. The number of hydrogen-bond donors (Lipinski definition) is 1. The molecule has 0 radical (unpaired) electrons. The third kappa shape index (κ3) is 4.57. The van der Waals surface area contributed by atoms with Crippen LogP contribution in [-0.4, -0.2) is 24.4 Å². The van der Waals surface area contributed by atoms with Crippen molar-refractivity contribution in [2.75, 3.05) is 16.8 Å². The molecule has 32 heavy (non-hydrogen) atoms. The number of rotatable bonds is 6. The number of nitrogens with zero attached hydrogens (tertiary/aromatic N) is 1. The number of esters is 1. The molecule has 2 unspecified atom stereocenters. The Hall–Kier alpha value is -3.45. The van der Waals surface area contributed by atoms with E-state index in [0.29, 0.717) is 5.69 Å². The van der Waals surface area contributed by atoms with Crippen LogP contribution in [0.15, 0.2) is 66.0 Å². The summed E-state index contributed by atoms with van der Waals surface area (Å²) in [7, 11) is 0. The van der Waals surface area contributed by atoms with E-state index in [2.05, 4.69) is 5.32 Å². The van der Waals surface area contributed by atoms with Crippen molar-refractivity contribution in [1.29, 1.82) is 0 Å². The van der Waals surface area contributed by atoms with Crippen LogP contribution in [0.2, 0.25) is 0 Å². The Labute approximate surface area is 190 Å². The van der Waals surface area contributed by atoms with Crippen molar-refractivity contribution in [3.63, 3.8) is 0 Å². The summed E-state index contributed by atoms with van der Waals surface area (Å²) in [5.41, 5.74) is 3.42. The summed E-state index contributed by atoms with van der Waals surface area (Å²) in [6.07, 6.45) is 0.0364. The van der Waals surface area contributed by atoms with Crippen LogP contribution in [0.25, 0.3) is 0 Å². The zero-order valence-electron chi connectivity index (χ0n) is 17.9. The minimum absolute atomic E-state index is 0.0364. The third-order valence-electron chi connectivity index (χ3n) is 5.54. The van der Waals surface area contributed by atoms with Crippen LogP contribution in [0.4, 0.5) is 11.4 Å². The second kappa shape index (κ2) is 9.36. The number of nitrogens with one attached hydrogen (secondary N) is 1. The Morgan fingerprint density at radius 2 is 1.81 bits per heavy atom. The van der Waals surface area contributed by atoms with E-state index in [1.807, 2.05) is 73.8 Å². The molecule has 3 aromatic rings. The first-order valence-electron chi connectivity index (χ1n) is 10.4. The number of hydrogen-bond acceptors (Lipinski definition) is 5. The van der Waals surface area contributed by atoms with Gasteiger partial charge in [0.15, 0.2) is 6.61 Å². The summed E-state index contributed by atoms with van der Waals surface area (Å²) >= 11 is 1.49. The van der Waals surface area contributed by atoms with Gasteiger partial charge in [-0.15, -0.1) is 11.3 Å². The van der Waals surface area contributed by atoms with E-state index in [4.69, 9.17) is 4.74 Å². The monoisotopic (exact) mass is 448 g/mol. The number of thiophene rings is 1. The summed E-state index contributed by atoms with van der Waals surface area (Å²) in [4.78, 5) is 40.8. The highest BCUT2D eigenvalue weighted by Crippen LogP contribution is 2.43. The minimum Gasteiger partial charge on any atom is -0.455 e. The van der Waals surface area contributed by atoms with Crippen LogP contribution in [0.1, 0.15) is 28.5 Å². The number of carbonyl (C=O) groups excluding carboxylic acids is 3. The van der Waals surface area contributed by atoms with Gasteiger partial charge in [-0.25, -0.2) is 0 Å². The highest BCUT2D eigenvalue weighted by atomic mass is 32.1. The fourth-order valence-electron chi connectivity index (χ4n) is 3.88. The van der Waals surface area contributed by atoms with Gasteiger partial charge in [0.25, 0.3) is 5.91 Å². The SMILES string of the molecule is Cc1ccc(N2C(=O)CC(C(=O)OCC(=O)Nc3ccccc3C)C2c2cccs2)cc1. The van der Waals surface area contributed by atoms with Gasteiger partial charge < -0.3 is 15.0 Å². The predicted molar refractivity (Wildman–Crippen MR) is 125 cm³/mol. The van der Waals surface area contributed by atoms with Crippen molar-refractivity contribution >= 4 is 40.5 Å². The lowest BCUT2D eigenvalue weighted by molar-refractivity contribution is -0.152. The fraction of sp³-hybridized carbons (Fsp3) is 0.240. The Morgan fingerprint density at radius 1 is 1.06 bits per heavy atom. The largest absolute Gasteiger partial charge is 0.455 e. The molecule has 2 atom stereocenters. The Kier molecular flexibility index (Phi) is 6.37. The quantitative estimate of drug-likeness (QED) is 0.558. The van der Waals surface area contributed by atoms with E-state index in [1.165, 1.54) is 11.3 Å². The van der Waals surface area contributed by atoms with Crippen molar-refractivity contribution < 1.29 is 19.1 Å². The molecule has 1 aromatic heterocycles. The normalized spacial score (nSPS) is 17.9. The van der Waals surface area contributed by atoms with Gasteiger partial charge in [0.05, 0.1) is 12.0 Å². The van der Waals surface area contributed by atoms with Crippen LogP contribution >= 0.6 is 11.3 Å². The Balaban J connectivity index is 1.49. The standard InChI is InChI=1S/C25H24N2O4S/c1-16-9-11-18(12-10-16)27-23(29)14-19(24(27)21-8-5-13-32-21)25(30)31-15-22(28)26-20-7-4-3-6-17(20)2/h3-13,19,24H,14-15H2,1-2H3,(H,26,28). The maximum Gasteiger partial charge on any atom is 0.312 e. The molecular formula is C25H24N2O4S. The van der Waals surface area contributed by atoms with E-state index >= 15 is 0 Å². The average molecular weight is 449 g/mol. The summed E-state index contributed by atoms with van der Waals surface area (Å²) in [6.45, 7) is 3.46. The number of carbonyl (C=O) groups is 3. The summed E-state index contributed by atoms with van der Waals surface area (Å²) < 4.78 is 5.35. The van der Waals surface area contributed by atoms with Crippen molar-refractivity contribution in [3.8, 4) is 0 Å². The number of aryl methyl sites for hydroxylation is 2. The topological polar surface area (TPSA) is 75.7 Å². The Bertz CT molecular complexity index is 1130. The first-order valence-corrected chi connectivity index (χ1v) is 11.3. The van der Waals surface area contributed by atoms with Gasteiger partial charge in [-0.1, -0.05) is 42.0 Å². The predicted octanol–water partition coefficient (Wildman–Crippen LogP) is 4.64. The lowest BCUT2D eigenvalue weighted by atomic mass is 9.99. The smallest absolute Gasteiger partial charge is 0.312 e. The summed E-state index contributed by atoms with van der Waals surface area (Å²) in [5.74, 6) is -1.79. The van der Waals surface area contributed by atoms with Crippen molar-refractivity contribution in [2.24, 2.45) is 5.92 Å². The van der Waals surface area contributed by atoms with Crippen LogP contribution in [0.5, 0.6) is 0 Å². The molecule has 1 N–H and O–H groups in total. The molecule has 0 spiro atoms. The van der Waals surface area contributed by atoms with Gasteiger partial charge in [0.1, 0.15) is 0 Å². The number of ether oxygens (including phenoxy) is 1. The first-order chi connectivity index (χ1) is 15.4. The van der Waals surface area contributed by atoms with Gasteiger partial charge in [0, 0.05) is 22.7 Å². The molecule has 0 saturated carbocycles. The molecule has 164 valence electrons. The van der Waals surface area contributed by atoms with Gasteiger partial charge in [-0.3, -0.25) is 14.4 Å². The second-order valence-electron chi connectivity index (χ2n) is 7.84. The van der Waals surface area contributed by atoms with Crippen molar-refractivity contribution in [2.45, 2.75) is 26.3 Å². The molecule has 1 saturated heterocycles. The van der Waals surface area contributed by atoms with Gasteiger partial charge in [-0.2, -0.15) is 0 Å². The number of para-hydroxylation sites is 1. The molecule has 1 fully saturated rings. The van der Waals surface area contributed by atoms with Gasteiger partial charge in [-0.05, 0) is 49.1 Å². The number of amides is 2. The molecule has 2 aromatic carbocycles. The van der Waals surface area contributed by atoms with Crippen molar-refractivity contribution in [3.05, 3.63) is 82.0 Å². The molecule has 7 heteroatoms. The molecular weight excluding hydrogens is 424 g/mol. The van der Waals surface area contributed by atoms with Gasteiger partial charge in [0.2, 0.25) is 5.91 Å². The first kappa shape index (κ1) is 21.8. The summed E-state index contributed by atoms with van der Waals surface area (Å²) in [5, 5.41) is 4.67.